The number of pyridine rings is 2. The van der Waals surface area contributed by atoms with Gasteiger partial charge in [0.2, 0.25) is 0 Å². The number of hydrogen-bond donors (Lipinski definition) is 1. The van der Waals surface area contributed by atoms with E-state index in [1.165, 1.54) is 6.21 Å². The smallest absolute Gasteiger partial charge is 0.0895 e. The molecule has 3 aromatic heterocycles. The highest BCUT2D eigenvalue weighted by atomic mass is 32.1. The molecule has 0 unspecified atom stereocenters. The van der Waals surface area contributed by atoms with Gasteiger partial charge in [-0.3, -0.25) is 4.98 Å². The molecule has 0 saturated carbocycles. The van der Waals surface area contributed by atoms with Crippen LogP contribution in [-0.2, 0) is 0 Å². The monoisotopic (exact) mass is 293 g/mol. The third-order valence-electron chi connectivity index (χ3n) is 3.49. The zero-order valence-electron chi connectivity index (χ0n) is 11.9. The number of fused-ring (bicyclic) bond motifs is 1. The second kappa shape index (κ2) is 5.58. The minimum absolute atomic E-state index is 0.834. The van der Waals surface area contributed by atoms with Gasteiger partial charge in [0.1, 0.15) is 0 Å². The Morgan fingerprint density at radius 1 is 1.24 bits per heavy atom. The van der Waals surface area contributed by atoms with Gasteiger partial charge in [0, 0.05) is 35.1 Å². The molecule has 0 atom stereocenters. The Morgan fingerprint density at radius 2 is 2.10 bits per heavy atom. The Hall–Kier alpha value is -2.33. The molecule has 0 aromatic carbocycles. The lowest BCUT2D eigenvalue weighted by Gasteiger charge is -2.05. The van der Waals surface area contributed by atoms with Crippen LogP contribution >= 0.6 is 11.3 Å². The second-order valence-electron chi connectivity index (χ2n) is 4.77. The van der Waals surface area contributed by atoms with E-state index in [1.54, 1.807) is 11.3 Å². The number of nitrogens with one attached hydrogen (secondary N) is 1. The summed E-state index contributed by atoms with van der Waals surface area (Å²) in [5.41, 5.74) is 6.11. The summed E-state index contributed by atoms with van der Waals surface area (Å²) in [5, 5.41) is 9.62. The molecule has 3 aromatic rings. The second-order valence-corrected chi connectivity index (χ2v) is 5.68. The summed E-state index contributed by atoms with van der Waals surface area (Å²) in [7, 11) is 0. The van der Waals surface area contributed by atoms with Crippen molar-refractivity contribution in [2.24, 2.45) is 0 Å². The molecule has 0 saturated heterocycles. The Balaban J connectivity index is 2.24. The molecule has 3 heterocycles. The maximum Gasteiger partial charge on any atom is 0.0895 e. The quantitative estimate of drug-likeness (QED) is 0.710. The molecule has 21 heavy (non-hydrogen) atoms. The molecule has 3 nitrogen and oxygen atoms in total. The van der Waals surface area contributed by atoms with Crippen molar-refractivity contribution in [1.82, 2.24) is 9.97 Å². The molecular formula is C17H15N3S. The summed E-state index contributed by atoms with van der Waals surface area (Å²) in [5.74, 6) is 0. The van der Waals surface area contributed by atoms with Gasteiger partial charge in [-0.05, 0) is 43.2 Å². The fourth-order valence-corrected chi connectivity index (χ4v) is 3.24. The Morgan fingerprint density at radius 3 is 2.81 bits per heavy atom. The molecule has 0 aliphatic rings. The van der Waals surface area contributed by atoms with Crippen LogP contribution in [0, 0.1) is 12.3 Å². The van der Waals surface area contributed by atoms with Gasteiger partial charge in [0.15, 0.2) is 0 Å². The van der Waals surface area contributed by atoms with E-state index >= 15 is 0 Å². The van der Waals surface area contributed by atoms with Crippen LogP contribution in [-0.4, -0.2) is 16.2 Å². The number of thiophene rings is 1. The molecule has 0 fully saturated rings. The first-order chi connectivity index (χ1) is 10.2. The van der Waals surface area contributed by atoms with Crippen LogP contribution in [0.2, 0.25) is 0 Å². The van der Waals surface area contributed by atoms with Gasteiger partial charge >= 0.3 is 0 Å². The molecule has 0 radical (unpaired) electrons. The summed E-state index contributed by atoms with van der Waals surface area (Å²) in [6.45, 7) is 3.98. The zero-order chi connectivity index (χ0) is 14.8. The van der Waals surface area contributed by atoms with Crippen molar-refractivity contribution in [3.05, 3.63) is 53.3 Å². The summed E-state index contributed by atoms with van der Waals surface area (Å²) in [6, 6.07) is 6.08. The van der Waals surface area contributed by atoms with Crippen LogP contribution in [0.1, 0.15) is 18.2 Å². The lowest BCUT2D eigenvalue weighted by Crippen LogP contribution is -1.91. The highest BCUT2D eigenvalue weighted by Crippen LogP contribution is 2.34. The average molecular weight is 293 g/mol. The molecule has 0 aliphatic heterocycles. The molecular weight excluding hydrogens is 278 g/mol. The number of rotatable bonds is 3. The van der Waals surface area contributed by atoms with Crippen molar-refractivity contribution in [2.75, 3.05) is 0 Å². The zero-order valence-corrected chi connectivity index (χ0v) is 12.7. The Labute approximate surface area is 127 Å². The molecule has 4 heteroatoms. The minimum Gasteiger partial charge on any atom is -0.308 e. The molecule has 104 valence electrons. The Bertz CT molecular complexity index is 846. The van der Waals surface area contributed by atoms with Crippen LogP contribution in [0.5, 0.6) is 0 Å². The number of allylic oxidation sites excluding steroid dienone is 2. The highest BCUT2D eigenvalue weighted by molar-refractivity contribution is 7.17. The largest absolute Gasteiger partial charge is 0.308 e. The predicted molar refractivity (Wildman–Crippen MR) is 90.0 cm³/mol. The summed E-state index contributed by atoms with van der Waals surface area (Å²) < 4.78 is 1.16. The van der Waals surface area contributed by atoms with Gasteiger partial charge in [-0.25, -0.2) is 4.98 Å². The van der Waals surface area contributed by atoms with Crippen molar-refractivity contribution < 1.29 is 0 Å². The predicted octanol–water partition coefficient (Wildman–Crippen LogP) is 4.72. The van der Waals surface area contributed by atoms with E-state index in [0.717, 1.165) is 38.2 Å². The van der Waals surface area contributed by atoms with E-state index in [0.29, 0.717) is 0 Å². The van der Waals surface area contributed by atoms with E-state index in [4.69, 9.17) is 10.4 Å². The van der Waals surface area contributed by atoms with E-state index in [1.807, 2.05) is 37.5 Å². The average Bonchev–Trinajstić information content (AvgIpc) is 2.92. The molecule has 0 aliphatic carbocycles. The van der Waals surface area contributed by atoms with Gasteiger partial charge in [-0.15, -0.1) is 11.3 Å². The molecule has 3 rings (SSSR count). The first-order valence-electron chi connectivity index (χ1n) is 6.71. The van der Waals surface area contributed by atoms with Crippen LogP contribution in [0.15, 0.2) is 42.0 Å². The number of hydrogen-bond acceptors (Lipinski definition) is 4. The van der Waals surface area contributed by atoms with E-state index in [9.17, 15) is 0 Å². The van der Waals surface area contributed by atoms with Crippen molar-refractivity contribution in [1.29, 1.82) is 5.41 Å². The van der Waals surface area contributed by atoms with Crippen LogP contribution in [0.25, 0.3) is 26.9 Å². The van der Waals surface area contributed by atoms with Gasteiger partial charge < -0.3 is 5.41 Å². The fourth-order valence-electron chi connectivity index (χ4n) is 2.35. The van der Waals surface area contributed by atoms with Crippen molar-refractivity contribution in [3.8, 4) is 11.1 Å². The van der Waals surface area contributed by atoms with Crippen molar-refractivity contribution in [2.45, 2.75) is 13.8 Å². The van der Waals surface area contributed by atoms with Crippen molar-refractivity contribution >= 4 is 33.3 Å². The topological polar surface area (TPSA) is 49.6 Å². The Kier molecular flexibility index (Phi) is 3.62. The number of aryl methyl sites for hydroxylation is 1. The minimum atomic E-state index is 0.834. The van der Waals surface area contributed by atoms with Gasteiger partial charge in [-0.2, -0.15) is 0 Å². The van der Waals surface area contributed by atoms with Crippen LogP contribution in [0.4, 0.5) is 0 Å². The molecule has 0 bridgehead atoms. The SMILES string of the molecule is C/C=C(\C=N)c1ccc2scc(-c3ccncc3C)c2n1. The van der Waals surface area contributed by atoms with Crippen LogP contribution in [0.3, 0.4) is 0 Å². The third-order valence-corrected chi connectivity index (χ3v) is 4.43. The van der Waals surface area contributed by atoms with E-state index in [-0.39, 0.29) is 0 Å². The summed E-state index contributed by atoms with van der Waals surface area (Å²) in [6.07, 6.45) is 6.94. The third kappa shape index (κ3) is 2.38. The standard InChI is InChI=1S/C17H15N3S/c1-3-12(8-18)15-4-5-16-17(20-15)14(10-21-16)13-6-7-19-9-11(13)2/h3-10,18H,1-2H3/b12-3+,18-8?. The highest BCUT2D eigenvalue weighted by Gasteiger charge is 2.11. The maximum absolute atomic E-state index is 7.48. The maximum atomic E-state index is 7.48. The normalized spacial score (nSPS) is 11.8. The first-order valence-corrected chi connectivity index (χ1v) is 7.59. The molecule has 1 N–H and O–H groups in total. The molecule has 0 amide bonds. The van der Waals surface area contributed by atoms with Crippen molar-refractivity contribution in [3.63, 3.8) is 0 Å². The lowest BCUT2D eigenvalue weighted by molar-refractivity contribution is 1.27. The van der Waals surface area contributed by atoms with E-state index in [2.05, 4.69) is 23.4 Å². The van der Waals surface area contributed by atoms with Gasteiger partial charge in [0.05, 0.1) is 15.9 Å². The van der Waals surface area contributed by atoms with Gasteiger partial charge in [-0.1, -0.05) is 6.08 Å². The first kappa shape index (κ1) is 13.6. The van der Waals surface area contributed by atoms with Crippen LogP contribution < -0.4 is 0 Å². The summed E-state index contributed by atoms with van der Waals surface area (Å²) >= 11 is 1.69. The lowest BCUT2D eigenvalue weighted by atomic mass is 10.0. The number of nitrogens with zero attached hydrogens (tertiary/aromatic N) is 2. The van der Waals surface area contributed by atoms with Gasteiger partial charge in [0.25, 0.3) is 0 Å². The van der Waals surface area contributed by atoms with E-state index < -0.39 is 0 Å². The summed E-state index contributed by atoms with van der Waals surface area (Å²) in [4.78, 5) is 8.92. The number of aromatic nitrogens is 2. The molecule has 0 spiro atoms. The fraction of sp³-hybridized carbons (Fsp3) is 0.118.